The highest BCUT2D eigenvalue weighted by atomic mass is 32.2. The van der Waals surface area contributed by atoms with Crippen LogP contribution in [0.1, 0.15) is 0 Å². The molecule has 0 N–H and O–H groups in total. The molecule has 0 saturated carbocycles. The quantitative estimate of drug-likeness (QED) is 0.792. The maximum Gasteiger partial charge on any atom is 0.252 e. The molecule has 1 aromatic heterocycles. The van der Waals surface area contributed by atoms with Crippen molar-refractivity contribution in [1.82, 2.24) is 9.21 Å². The van der Waals surface area contributed by atoms with Crippen LogP contribution < -0.4 is 0 Å². The molecule has 1 aromatic rings. The Morgan fingerprint density at radius 2 is 2.00 bits per heavy atom. The Kier molecular flexibility index (Phi) is 4.06. The van der Waals surface area contributed by atoms with Crippen molar-refractivity contribution in [3.63, 3.8) is 0 Å². The minimum Gasteiger partial charge on any atom is -0.348 e. The fraction of sp³-hybridized carbons (Fsp3) is 0.444. The van der Waals surface area contributed by atoms with Gasteiger partial charge in [-0.15, -0.1) is 11.3 Å². The monoisotopic (exact) mass is 262 g/mol. The van der Waals surface area contributed by atoms with Crippen molar-refractivity contribution >= 4 is 27.3 Å². The van der Waals surface area contributed by atoms with Crippen molar-refractivity contribution in [1.29, 1.82) is 0 Å². The highest BCUT2D eigenvalue weighted by Gasteiger charge is 2.24. The van der Waals surface area contributed by atoms with Crippen LogP contribution in [0.4, 0.5) is 0 Å². The summed E-state index contributed by atoms with van der Waals surface area (Å²) in [6.07, 6.45) is 0. The molecule has 0 aliphatic rings. The number of rotatable bonds is 4. The number of carbonyl (C=O) groups is 1. The van der Waals surface area contributed by atoms with E-state index in [9.17, 15) is 13.2 Å². The molecule has 0 spiro atoms. The lowest BCUT2D eigenvalue weighted by atomic mass is 10.5. The van der Waals surface area contributed by atoms with Crippen LogP contribution in [-0.2, 0) is 14.8 Å². The molecule has 0 radical (unpaired) electrons. The predicted molar refractivity (Wildman–Crippen MR) is 62.8 cm³/mol. The zero-order valence-electron chi connectivity index (χ0n) is 9.37. The molecule has 5 nitrogen and oxygen atoms in total. The molecule has 1 amide bonds. The Labute approximate surface area is 99.3 Å². The van der Waals surface area contributed by atoms with Gasteiger partial charge >= 0.3 is 0 Å². The zero-order chi connectivity index (χ0) is 12.3. The van der Waals surface area contributed by atoms with Gasteiger partial charge in [0, 0.05) is 21.1 Å². The van der Waals surface area contributed by atoms with Gasteiger partial charge in [-0.25, -0.2) is 8.42 Å². The van der Waals surface area contributed by atoms with Crippen molar-refractivity contribution in [3.8, 4) is 0 Å². The molecular formula is C9H14N2O3S2. The number of sulfonamides is 1. The minimum absolute atomic E-state index is 0.146. The second-order valence-corrected chi connectivity index (χ2v) is 6.70. The molecule has 0 bridgehead atoms. The van der Waals surface area contributed by atoms with Gasteiger partial charge in [0.25, 0.3) is 10.0 Å². The average molecular weight is 262 g/mol. The second kappa shape index (κ2) is 4.94. The molecule has 0 aliphatic heterocycles. The Balaban J connectivity index is 2.82. The summed E-state index contributed by atoms with van der Waals surface area (Å²) < 4.78 is 25.1. The smallest absolute Gasteiger partial charge is 0.252 e. The molecule has 1 rings (SSSR count). The summed E-state index contributed by atoms with van der Waals surface area (Å²) in [6, 6.07) is 3.19. The van der Waals surface area contributed by atoms with Gasteiger partial charge in [0.15, 0.2) is 0 Å². The summed E-state index contributed by atoms with van der Waals surface area (Å²) >= 11 is 1.14. The molecule has 0 atom stereocenters. The first kappa shape index (κ1) is 13.1. The largest absolute Gasteiger partial charge is 0.348 e. The molecule has 0 fully saturated rings. The lowest BCUT2D eigenvalue weighted by Gasteiger charge is -2.18. The van der Waals surface area contributed by atoms with Crippen LogP contribution in [0.5, 0.6) is 0 Å². The maximum absolute atomic E-state index is 11.9. The fourth-order valence-electron chi connectivity index (χ4n) is 0.981. The third-order valence-electron chi connectivity index (χ3n) is 2.02. The van der Waals surface area contributed by atoms with Gasteiger partial charge in [0.1, 0.15) is 4.21 Å². The minimum atomic E-state index is -3.52. The van der Waals surface area contributed by atoms with E-state index in [1.165, 1.54) is 18.0 Å². The summed E-state index contributed by atoms with van der Waals surface area (Å²) in [5, 5.41) is 1.69. The zero-order valence-corrected chi connectivity index (χ0v) is 11.0. The van der Waals surface area contributed by atoms with E-state index < -0.39 is 10.0 Å². The first-order valence-corrected chi connectivity index (χ1v) is 6.87. The first-order chi connectivity index (χ1) is 7.35. The van der Waals surface area contributed by atoms with Gasteiger partial charge in [-0.3, -0.25) is 4.79 Å². The van der Waals surface area contributed by atoms with Crippen molar-refractivity contribution < 1.29 is 13.2 Å². The van der Waals surface area contributed by atoms with E-state index >= 15 is 0 Å². The highest BCUT2D eigenvalue weighted by molar-refractivity contribution is 7.91. The topological polar surface area (TPSA) is 57.7 Å². The van der Waals surface area contributed by atoms with E-state index in [1.807, 2.05) is 0 Å². The molecule has 1 heterocycles. The van der Waals surface area contributed by atoms with Crippen LogP contribution in [0.2, 0.25) is 0 Å². The molecule has 0 aromatic carbocycles. The maximum atomic E-state index is 11.9. The van der Waals surface area contributed by atoms with Gasteiger partial charge < -0.3 is 4.90 Å². The molecule has 7 heteroatoms. The van der Waals surface area contributed by atoms with Crippen molar-refractivity contribution in [2.45, 2.75) is 4.21 Å². The summed E-state index contributed by atoms with van der Waals surface area (Å²) in [6.45, 7) is -0.146. The molecular weight excluding hydrogens is 248 g/mol. The number of amides is 1. The lowest BCUT2D eigenvalue weighted by molar-refractivity contribution is -0.128. The SMILES string of the molecule is CN(C)C(=O)CN(C)S(=O)(=O)c1cccs1. The predicted octanol–water partition coefficient (Wildman–Crippen LogP) is 0.457. The molecule has 0 aliphatic carbocycles. The Hall–Kier alpha value is -0.920. The fourth-order valence-corrected chi connectivity index (χ4v) is 3.30. The summed E-state index contributed by atoms with van der Waals surface area (Å²) in [4.78, 5) is 12.8. The molecule has 16 heavy (non-hydrogen) atoms. The van der Waals surface area contributed by atoms with Crippen LogP contribution in [0.25, 0.3) is 0 Å². The van der Waals surface area contributed by atoms with Crippen LogP contribution >= 0.6 is 11.3 Å². The number of hydrogen-bond acceptors (Lipinski definition) is 4. The normalized spacial score (nSPS) is 11.8. The van der Waals surface area contributed by atoms with Crippen LogP contribution in [0, 0.1) is 0 Å². The van der Waals surface area contributed by atoms with Gasteiger partial charge in [0.05, 0.1) is 6.54 Å². The van der Waals surface area contributed by atoms with E-state index in [4.69, 9.17) is 0 Å². The van der Waals surface area contributed by atoms with E-state index in [-0.39, 0.29) is 16.7 Å². The van der Waals surface area contributed by atoms with Gasteiger partial charge in [0.2, 0.25) is 5.91 Å². The third kappa shape index (κ3) is 2.81. The number of thiophene rings is 1. The van der Waals surface area contributed by atoms with E-state index in [2.05, 4.69) is 0 Å². The number of likely N-dealkylation sites (N-methyl/N-ethyl adjacent to an activating group) is 2. The molecule has 0 unspecified atom stereocenters. The highest BCUT2D eigenvalue weighted by Crippen LogP contribution is 2.19. The van der Waals surface area contributed by atoms with Crippen LogP contribution in [0.15, 0.2) is 21.7 Å². The van der Waals surface area contributed by atoms with Crippen molar-refractivity contribution in [2.24, 2.45) is 0 Å². The number of nitrogens with zero attached hydrogens (tertiary/aromatic N) is 2. The third-order valence-corrected chi connectivity index (χ3v) is 5.19. The van der Waals surface area contributed by atoms with Gasteiger partial charge in [-0.05, 0) is 11.4 Å². The van der Waals surface area contributed by atoms with E-state index in [0.29, 0.717) is 0 Å². The van der Waals surface area contributed by atoms with Gasteiger partial charge in [-0.2, -0.15) is 4.31 Å². The number of carbonyl (C=O) groups excluding carboxylic acids is 1. The summed E-state index contributed by atoms with van der Waals surface area (Å²) in [5.74, 6) is -0.248. The standard InChI is InChI=1S/C9H14N2O3S2/c1-10(2)8(12)7-11(3)16(13,14)9-5-4-6-15-9/h4-6H,7H2,1-3H3. The molecule has 0 saturated heterocycles. The summed E-state index contributed by atoms with van der Waals surface area (Å²) in [5.41, 5.74) is 0. The first-order valence-electron chi connectivity index (χ1n) is 4.55. The van der Waals surface area contributed by atoms with Crippen LogP contribution in [-0.4, -0.2) is 51.2 Å². The second-order valence-electron chi connectivity index (χ2n) is 3.48. The molecule has 90 valence electrons. The lowest BCUT2D eigenvalue weighted by Crippen LogP contribution is -2.37. The Bertz CT molecular complexity index is 451. The van der Waals surface area contributed by atoms with E-state index in [0.717, 1.165) is 15.6 Å². The van der Waals surface area contributed by atoms with E-state index in [1.54, 1.807) is 25.5 Å². The number of hydrogen-bond donors (Lipinski definition) is 0. The van der Waals surface area contributed by atoms with Gasteiger partial charge in [-0.1, -0.05) is 6.07 Å². The summed E-state index contributed by atoms with van der Waals surface area (Å²) in [7, 11) is 1.06. The Morgan fingerprint density at radius 1 is 1.38 bits per heavy atom. The van der Waals surface area contributed by atoms with Crippen LogP contribution in [0.3, 0.4) is 0 Å². The Morgan fingerprint density at radius 3 is 2.44 bits per heavy atom. The average Bonchev–Trinajstić information content (AvgIpc) is 2.70. The van der Waals surface area contributed by atoms with Crippen molar-refractivity contribution in [3.05, 3.63) is 17.5 Å². The van der Waals surface area contributed by atoms with Crippen molar-refractivity contribution in [2.75, 3.05) is 27.7 Å².